The Morgan fingerprint density at radius 3 is 1.11 bits per heavy atom. The number of hydrogen-bond donors (Lipinski definition) is 0. The van der Waals surface area contributed by atoms with Crippen LogP contribution in [0, 0.1) is 40.7 Å². The fraction of sp³-hybridized carbons (Fsp3) is 0.211. The number of fused-ring (bicyclic) bond motifs is 8. The minimum absolute atomic E-state index is 0.0553. The average molecular weight is 1490 g/mol. The molecule has 2 unspecified atom stereocenters. The van der Waals surface area contributed by atoms with Gasteiger partial charge >= 0.3 is 0 Å². The maximum atomic E-state index is 12.4. The maximum Gasteiger partial charge on any atom is 0.283 e. The summed E-state index contributed by atoms with van der Waals surface area (Å²) in [7, 11) is -5.76. The summed E-state index contributed by atoms with van der Waals surface area (Å²) in [6, 6.07) is 63.6. The van der Waals surface area contributed by atoms with Gasteiger partial charge in [0.2, 0.25) is 11.4 Å². The molecule has 0 N–H and O–H groups in total. The van der Waals surface area contributed by atoms with Gasteiger partial charge in [0.15, 0.2) is 24.5 Å². The molecule has 18 nitrogen and oxygen atoms in total. The van der Waals surface area contributed by atoms with E-state index in [2.05, 4.69) is 288 Å². The molecule has 0 amide bonds. The molecule has 502 valence electrons. The minimum Gasteiger partial charge on any atom is -0.347 e. The summed E-state index contributed by atoms with van der Waals surface area (Å²) in [4.78, 5) is 28.5. The molecule has 0 spiro atoms. The van der Waals surface area contributed by atoms with Crippen molar-refractivity contribution in [3.63, 3.8) is 0 Å². The lowest BCUT2D eigenvalue weighted by Gasteiger charge is -2.29. The molecule has 98 heavy (non-hydrogen) atoms. The van der Waals surface area contributed by atoms with Crippen LogP contribution in [0.2, 0.25) is 0 Å². The molecule has 0 bridgehead atoms. The number of nitrogens with zero attached hydrogens (tertiary/aromatic N) is 6. The molecular formula is C76H68Br2Cl2N6O12. The van der Waals surface area contributed by atoms with E-state index in [1.54, 1.807) is 12.1 Å². The van der Waals surface area contributed by atoms with E-state index in [4.69, 9.17) is 37.3 Å². The summed E-state index contributed by atoms with van der Waals surface area (Å²) in [5.74, 6) is 0. The molecule has 0 fully saturated rings. The molecule has 0 saturated heterocycles. The van der Waals surface area contributed by atoms with Gasteiger partial charge in [-0.05, 0) is 166 Å². The molecule has 4 aliphatic heterocycles. The highest BCUT2D eigenvalue weighted by atomic mass is 79.9. The number of anilines is 2. The van der Waals surface area contributed by atoms with E-state index in [0.717, 1.165) is 45.0 Å². The van der Waals surface area contributed by atoms with Gasteiger partial charge in [0, 0.05) is 106 Å². The Labute approximate surface area is 588 Å². The summed E-state index contributed by atoms with van der Waals surface area (Å²) in [5.41, 5.74) is 16.0. The first kappa shape index (κ1) is 70.7. The van der Waals surface area contributed by atoms with E-state index >= 15 is 0 Å². The predicted molar refractivity (Wildman–Crippen MR) is 365 cm³/mol. The zero-order chi connectivity index (χ0) is 70.6. The highest BCUT2D eigenvalue weighted by Crippen LogP contribution is 2.54. The second-order valence-corrected chi connectivity index (χ2v) is 29.4. The Hall–Kier alpha value is -8.58. The van der Waals surface area contributed by atoms with Crippen LogP contribution in [0.1, 0.15) is 86.1 Å². The number of nitro benzene ring substituents is 2. The van der Waals surface area contributed by atoms with E-state index in [0.29, 0.717) is 34.9 Å². The fourth-order valence-corrected chi connectivity index (χ4v) is 16.0. The molecule has 0 aliphatic carbocycles. The predicted octanol–water partition coefficient (Wildman–Crippen LogP) is 9.16. The van der Waals surface area contributed by atoms with Crippen molar-refractivity contribution in [1.82, 2.24) is 0 Å². The zero-order valence-corrected chi connectivity index (χ0v) is 59.4. The van der Waals surface area contributed by atoms with Crippen molar-refractivity contribution >= 4 is 99.0 Å². The Morgan fingerprint density at radius 2 is 0.776 bits per heavy atom. The van der Waals surface area contributed by atoms with Crippen LogP contribution in [0.15, 0.2) is 239 Å². The largest absolute Gasteiger partial charge is 0.347 e. The van der Waals surface area contributed by atoms with Crippen molar-refractivity contribution in [2.75, 3.05) is 23.9 Å². The van der Waals surface area contributed by atoms with Gasteiger partial charge in [0.1, 0.15) is 0 Å². The zero-order valence-electron chi connectivity index (χ0n) is 54.7. The third-order valence-electron chi connectivity index (χ3n) is 19.3. The number of allylic oxidation sites excluding steroid dienone is 8. The number of hydrogen-bond acceptors (Lipinski definition) is 14. The van der Waals surface area contributed by atoms with Gasteiger partial charge in [0.05, 0.1) is 29.6 Å². The number of benzene rings is 9. The average Bonchev–Trinajstić information content (AvgIpc) is 1.59. The Balaban J connectivity index is 0.000000908. The van der Waals surface area contributed by atoms with Crippen LogP contribution in [-0.2, 0) is 47.6 Å². The molecule has 4 heterocycles. The first-order chi connectivity index (χ1) is 46.2. The fourth-order valence-electron chi connectivity index (χ4n) is 15.1. The second-order valence-electron chi connectivity index (χ2n) is 26.2. The highest BCUT2D eigenvalue weighted by molar-refractivity contribution is 9.11. The minimum atomic E-state index is -4.94. The molecule has 9 aromatic carbocycles. The van der Waals surface area contributed by atoms with Gasteiger partial charge in [-0.25, -0.2) is 37.3 Å². The summed E-state index contributed by atoms with van der Waals surface area (Å²) < 4.78 is 73.8. The normalized spacial score (nSPS) is 19.1. The Morgan fingerprint density at radius 1 is 0.449 bits per heavy atom. The van der Waals surface area contributed by atoms with Crippen molar-refractivity contribution in [2.24, 2.45) is 0 Å². The quantitative estimate of drug-likeness (QED) is 0.0557. The van der Waals surface area contributed by atoms with Crippen molar-refractivity contribution < 1.29 is 76.8 Å². The van der Waals surface area contributed by atoms with Crippen LogP contribution >= 0.6 is 31.9 Å². The van der Waals surface area contributed by atoms with Crippen molar-refractivity contribution in [3.8, 4) is 0 Å². The summed E-state index contributed by atoms with van der Waals surface area (Å²) in [6.07, 6.45) is 14.7. The first-order valence-corrected chi connectivity index (χ1v) is 35.2. The van der Waals surface area contributed by atoms with Crippen LogP contribution in [0.5, 0.6) is 0 Å². The molecule has 9 aromatic rings. The van der Waals surface area contributed by atoms with Gasteiger partial charge in [-0.15, -0.1) is 20.5 Å². The van der Waals surface area contributed by atoms with Gasteiger partial charge in [-0.2, -0.15) is 9.15 Å². The van der Waals surface area contributed by atoms with E-state index in [9.17, 15) is 20.2 Å². The van der Waals surface area contributed by atoms with Gasteiger partial charge in [0.25, 0.3) is 11.4 Å². The molecular weight excluding hydrogens is 1420 g/mol. The molecule has 2 atom stereocenters. The highest BCUT2D eigenvalue weighted by Gasteiger charge is 2.49. The van der Waals surface area contributed by atoms with Gasteiger partial charge in [-0.3, -0.25) is 20.2 Å². The lowest BCUT2D eigenvalue weighted by Crippen LogP contribution is -2.68. The molecule has 13 rings (SSSR count). The lowest BCUT2D eigenvalue weighted by atomic mass is 9.76. The van der Waals surface area contributed by atoms with Crippen LogP contribution in [-0.4, -0.2) is 44.5 Å². The number of likely N-dealkylation sites (N-methyl/N-ethyl adjacent to an activating group) is 2. The molecule has 0 saturated carbocycles. The number of halogens is 4. The maximum absolute atomic E-state index is 12.4. The van der Waals surface area contributed by atoms with E-state index in [1.807, 2.05) is 24.3 Å². The molecule has 0 radical (unpaired) electrons. The van der Waals surface area contributed by atoms with Crippen LogP contribution < -0.4 is 47.1 Å². The smallest absolute Gasteiger partial charge is 0.283 e. The summed E-state index contributed by atoms with van der Waals surface area (Å²) in [6.45, 7) is 15.0. The molecule has 22 heteroatoms. The first-order valence-electron chi connectivity index (χ1n) is 31.1. The monoisotopic (exact) mass is 1480 g/mol. The third kappa shape index (κ3) is 14.1. The Kier molecular flexibility index (Phi) is 19.7. The van der Waals surface area contributed by atoms with Gasteiger partial charge in [-0.1, -0.05) is 146 Å². The topological polar surface area (TPSA) is 283 Å². The molecule has 0 aromatic heterocycles. The molecule has 4 aliphatic rings. The third-order valence-corrected chi connectivity index (χ3v) is 20.6. The number of nitro groups is 2. The van der Waals surface area contributed by atoms with E-state index < -0.39 is 31.3 Å². The van der Waals surface area contributed by atoms with E-state index in [-0.39, 0.29) is 32.1 Å². The summed E-state index contributed by atoms with van der Waals surface area (Å²) >= 11 is 7.05. The Bertz CT molecular complexity index is 4540. The van der Waals surface area contributed by atoms with Crippen molar-refractivity contribution in [1.29, 1.82) is 0 Å². The van der Waals surface area contributed by atoms with Crippen molar-refractivity contribution in [3.05, 3.63) is 304 Å². The van der Waals surface area contributed by atoms with E-state index in [1.165, 1.54) is 66.6 Å². The van der Waals surface area contributed by atoms with Gasteiger partial charge < -0.3 is 9.80 Å². The lowest BCUT2D eigenvalue weighted by molar-refractivity contribution is -2.00. The summed E-state index contributed by atoms with van der Waals surface area (Å²) in [5, 5.41) is 29.6. The number of rotatable bonds is 14. The van der Waals surface area contributed by atoms with Crippen LogP contribution in [0.3, 0.4) is 0 Å². The SMILES string of the molecule is CN1/C(=C/C=C/C2=[N+](Cc3ccc(C[N+]4=C(/C=C/C=C5/N(C)c6cc(Br)c([N+](=O)[O-])cc6C5(C)Cc5ccccc5)C(C)(C)c5c4ccc4ccccc54)cc3)c3ccc4ccccc4c3C2(C)C)C(C)(Cc2ccccc2)c2cc([N+](=O)[O-])c(Br)cc21.[O-][Cl+3]([O-])([O-])[O-].[O-][Cl+3]([O-])([O-])[O-]. The van der Waals surface area contributed by atoms with Crippen LogP contribution in [0.25, 0.3) is 21.5 Å². The van der Waals surface area contributed by atoms with Crippen molar-refractivity contribution in [2.45, 2.75) is 89.1 Å². The second kappa shape index (κ2) is 27.3. The standard InChI is InChI=1S/C76H68Br2N6O4.2ClHO4/c1-73(2)67(29-19-31-69-75(5,45-49-21-11-9-12-22-49)57-41-65(83(85)86)59(77)43-63(57)79(69)7)81(61-39-37-53-25-15-17-27-55(53)71(61)73)47-51-33-35-52(36-34-51)48-82-62-40-38-54-26-16-18-28-56(54)72(62)74(3,4)68(82)30-20-32-70-76(6,46-50-23-13-10-14-24-50)58-42-66(84(87)88)60(78)44-64(58)80(70)8;2*2-1(3,4)5/h9-44H,45-48H2,1-8H3;2*(H,2,3,4,5)/q+2;;/p-2. The van der Waals surface area contributed by atoms with Crippen LogP contribution in [0.4, 0.5) is 34.1 Å².